The largest absolute Gasteiger partial charge is 0.369 e. The highest BCUT2D eigenvalue weighted by Gasteiger charge is 2.28. The van der Waals surface area contributed by atoms with Crippen molar-refractivity contribution in [3.05, 3.63) is 53.8 Å². The average molecular weight is 425 g/mol. The van der Waals surface area contributed by atoms with Crippen molar-refractivity contribution in [1.82, 2.24) is 0 Å². The molecule has 0 amide bonds. The molecule has 5 heteroatoms. The van der Waals surface area contributed by atoms with E-state index >= 15 is 4.39 Å². The Kier molecular flexibility index (Phi) is 6.16. The molecule has 4 rings (SSSR count). The maximum Gasteiger partial charge on any atom is 0.148 e. The second kappa shape index (κ2) is 8.70. The van der Waals surface area contributed by atoms with Crippen LogP contribution in [0.3, 0.4) is 0 Å². The van der Waals surface area contributed by atoms with Crippen molar-refractivity contribution in [1.29, 1.82) is 0 Å². The second-order valence-electron chi connectivity index (χ2n) is 10.1. The number of rotatable bonds is 5. The zero-order valence-electron chi connectivity index (χ0n) is 19.4. The molecule has 2 aliphatic rings. The lowest BCUT2D eigenvalue weighted by atomic mass is 9.88. The fraction of sp³-hybridized carbons (Fsp3) is 0.538. The van der Waals surface area contributed by atoms with Crippen LogP contribution in [0.4, 0.5) is 21.5 Å². The number of piperidine rings is 1. The van der Waals surface area contributed by atoms with E-state index in [4.69, 9.17) is 5.73 Å². The summed E-state index contributed by atoms with van der Waals surface area (Å²) in [5.41, 5.74) is 9.62. The minimum absolute atomic E-state index is 0.102. The minimum Gasteiger partial charge on any atom is -0.369 e. The molecule has 0 aliphatic carbocycles. The van der Waals surface area contributed by atoms with Crippen LogP contribution in [0.25, 0.3) is 0 Å². The summed E-state index contributed by atoms with van der Waals surface area (Å²) in [5.74, 6) is 1.20. The van der Waals surface area contributed by atoms with E-state index in [-0.39, 0.29) is 11.9 Å². The molecule has 3 atom stereocenters. The Hall–Kier alpha value is -2.27. The van der Waals surface area contributed by atoms with E-state index < -0.39 is 5.66 Å². The first-order valence-electron chi connectivity index (χ1n) is 11.7. The molecular weight excluding hydrogens is 387 g/mol. The van der Waals surface area contributed by atoms with Crippen LogP contribution in [-0.2, 0) is 0 Å². The highest BCUT2D eigenvalue weighted by atomic mass is 19.1. The number of nitrogens with one attached hydrogen (secondary N) is 1. The van der Waals surface area contributed by atoms with Crippen LogP contribution in [0.5, 0.6) is 0 Å². The lowest BCUT2D eigenvalue weighted by molar-refractivity contribution is 0.322. The van der Waals surface area contributed by atoms with Crippen molar-refractivity contribution >= 4 is 17.1 Å². The fourth-order valence-corrected chi connectivity index (χ4v) is 5.00. The van der Waals surface area contributed by atoms with Crippen molar-refractivity contribution in [3.63, 3.8) is 0 Å². The zero-order valence-corrected chi connectivity index (χ0v) is 19.4. The maximum atomic E-state index is 15.2. The molecule has 2 heterocycles. The Bertz CT molecular complexity index is 889. The Labute approximate surface area is 186 Å². The average Bonchev–Trinajstić information content (AvgIpc) is 3.19. The topological polar surface area (TPSA) is 44.5 Å². The van der Waals surface area contributed by atoms with Gasteiger partial charge in [0.15, 0.2) is 0 Å². The molecule has 2 aliphatic heterocycles. The van der Waals surface area contributed by atoms with E-state index in [1.54, 1.807) is 6.07 Å². The predicted molar refractivity (Wildman–Crippen MR) is 129 cm³/mol. The van der Waals surface area contributed by atoms with Crippen molar-refractivity contribution in [2.45, 2.75) is 58.7 Å². The van der Waals surface area contributed by atoms with Crippen LogP contribution >= 0.6 is 0 Å². The van der Waals surface area contributed by atoms with Gasteiger partial charge in [0.1, 0.15) is 5.82 Å². The molecule has 31 heavy (non-hydrogen) atoms. The van der Waals surface area contributed by atoms with E-state index in [2.05, 4.69) is 59.3 Å². The van der Waals surface area contributed by atoms with Gasteiger partial charge in [0, 0.05) is 31.0 Å². The molecule has 4 nitrogen and oxygen atoms in total. The quantitative estimate of drug-likeness (QED) is 0.599. The lowest BCUT2D eigenvalue weighted by Gasteiger charge is -2.37. The van der Waals surface area contributed by atoms with Gasteiger partial charge in [-0.25, -0.2) is 4.39 Å². The summed E-state index contributed by atoms with van der Waals surface area (Å²) in [6.07, 6.45) is 3.33. The Morgan fingerprint density at radius 2 is 1.74 bits per heavy atom. The van der Waals surface area contributed by atoms with Crippen molar-refractivity contribution in [3.8, 4) is 0 Å². The lowest BCUT2D eigenvalue weighted by Crippen LogP contribution is -2.40. The minimum atomic E-state index is -0.454. The van der Waals surface area contributed by atoms with Gasteiger partial charge in [-0.3, -0.25) is 0 Å². The zero-order chi connectivity index (χ0) is 22.2. The molecule has 2 aromatic rings. The molecule has 0 aromatic heterocycles. The van der Waals surface area contributed by atoms with E-state index in [1.165, 1.54) is 5.56 Å². The molecule has 0 bridgehead atoms. The molecule has 168 valence electrons. The maximum absolute atomic E-state index is 15.2. The Morgan fingerprint density at radius 3 is 2.39 bits per heavy atom. The van der Waals surface area contributed by atoms with Gasteiger partial charge < -0.3 is 20.9 Å². The van der Waals surface area contributed by atoms with Crippen LogP contribution in [0.15, 0.2) is 42.5 Å². The van der Waals surface area contributed by atoms with Gasteiger partial charge in [0.05, 0.1) is 17.4 Å². The molecular formula is C26H37FN4. The van der Waals surface area contributed by atoms with Gasteiger partial charge in [-0.2, -0.15) is 0 Å². The van der Waals surface area contributed by atoms with Crippen LogP contribution in [0, 0.1) is 17.7 Å². The predicted octanol–water partition coefficient (Wildman–Crippen LogP) is 5.76. The normalized spacial score (nSPS) is 24.5. The van der Waals surface area contributed by atoms with E-state index in [0.29, 0.717) is 11.8 Å². The summed E-state index contributed by atoms with van der Waals surface area (Å²) >= 11 is 0. The van der Waals surface area contributed by atoms with Crippen LogP contribution < -0.4 is 20.9 Å². The number of hydrogen-bond acceptors (Lipinski definition) is 4. The first kappa shape index (κ1) is 21.9. The summed E-state index contributed by atoms with van der Waals surface area (Å²) < 4.78 is 15.2. The standard InChI is InChI=1S/C26H37FN4/c1-18-13-15-30(17-19(18)2)25-12-11-22(16-23(25)27)31-14-5-6-24(31)20-7-9-21(10-8-20)29-26(3,4)28/h7-12,16,18-19,24,29H,5-6,13-15,17,28H2,1-4H3. The number of anilines is 3. The van der Waals surface area contributed by atoms with Crippen LogP contribution in [0.2, 0.25) is 0 Å². The van der Waals surface area contributed by atoms with Crippen molar-refractivity contribution < 1.29 is 4.39 Å². The molecule has 0 radical (unpaired) electrons. The number of benzene rings is 2. The van der Waals surface area contributed by atoms with Crippen LogP contribution in [-0.4, -0.2) is 25.3 Å². The van der Waals surface area contributed by atoms with E-state index in [1.807, 2.05) is 19.9 Å². The summed E-state index contributed by atoms with van der Waals surface area (Å²) in [7, 11) is 0. The third-order valence-electron chi connectivity index (χ3n) is 6.95. The van der Waals surface area contributed by atoms with Gasteiger partial charge in [-0.15, -0.1) is 0 Å². The Morgan fingerprint density at radius 1 is 1.00 bits per heavy atom. The van der Waals surface area contributed by atoms with Gasteiger partial charge in [-0.05, 0) is 80.8 Å². The van der Waals surface area contributed by atoms with Crippen molar-refractivity contribution in [2.24, 2.45) is 17.6 Å². The number of nitrogens with zero attached hydrogens (tertiary/aromatic N) is 2. The van der Waals surface area contributed by atoms with Crippen LogP contribution in [0.1, 0.15) is 58.6 Å². The fourth-order valence-electron chi connectivity index (χ4n) is 5.00. The third kappa shape index (κ3) is 4.98. The van der Waals surface area contributed by atoms with E-state index in [9.17, 15) is 0 Å². The molecule has 2 fully saturated rings. The smallest absolute Gasteiger partial charge is 0.148 e. The monoisotopic (exact) mass is 424 g/mol. The molecule has 3 unspecified atom stereocenters. The van der Waals surface area contributed by atoms with Gasteiger partial charge in [-0.1, -0.05) is 26.0 Å². The number of nitrogens with two attached hydrogens (primary N) is 1. The molecule has 0 saturated carbocycles. The number of hydrogen-bond donors (Lipinski definition) is 2. The first-order chi connectivity index (χ1) is 14.7. The summed E-state index contributed by atoms with van der Waals surface area (Å²) in [6.45, 7) is 11.3. The van der Waals surface area contributed by atoms with Gasteiger partial charge in [0.2, 0.25) is 0 Å². The third-order valence-corrected chi connectivity index (χ3v) is 6.95. The highest BCUT2D eigenvalue weighted by Crippen LogP contribution is 2.38. The summed E-state index contributed by atoms with van der Waals surface area (Å²) in [5, 5.41) is 3.30. The molecule has 2 aromatic carbocycles. The molecule has 2 saturated heterocycles. The Balaban J connectivity index is 1.50. The summed E-state index contributed by atoms with van der Waals surface area (Å²) in [4.78, 5) is 4.57. The SMILES string of the molecule is CC1CCN(c2ccc(N3CCCC3c3ccc(NC(C)(C)N)cc3)cc2F)CC1C. The molecule has 3 N–H and O–H groups in total. The summed E-state index contributed by atoms with van der Waals surface area (Å²) in [6, 6.07) is 14.6. The molecule has 0 spiro atoms. The van der Waals surface area contributed by atoms with Crippen molar-refractivity contribution in [2.75, 3.05) is 34.8 Å². The number of halogens is 1. The highest BCUT2D eigenvalue weighted by molar-refractivity contribution is 5.59. The second-order valence-corrected chi connectivity index (χ2v) is 10.1. The van der Waals surface area contributed by atoms with Gasteiger partial charge in [0.25, 0.3) is 0 Å². The first-order valence-corrected chi connectivity index (χ1v) is 11.7. The van der Waals surface area contributed by atoms with E-state index in [0.717, 1.165) is 56.0 Å². The van der Waals surface area contributed by atoms with Gasteiger partial charge >= 0.3 is 0 Å².